The van der Waals surface area contributed by atoms with Crippen molar-refractivity contribution in [3.05, 3.63) is 82.9 Å². The van der Waals surface area contributed by atoms with Crippen molar-refractivity contribution in [2.45, 2.75) is 6.92 Å². The summed E-state index contributed by atoms with van der Waals surface area (Å²) in [6.07, 6.45) is 1.44. The van der Waals surface area contributed by atoms with Crippen LogP contribution in [-0.2, 0) is 9.59 Å². The maximum atomic E-state index is 12.5. The monoisotopic (exact) mass is 505 g/mol. The lowest BCUT2D eigenvalue weighted by Crippen LogP contribution is -2.20. The maximum absolute atomic E-state index is 12.5. The molecule has 3 rings (SSSR count). The third kappa shape index (κ3) is 7.26. The second kappa shape index (κ2) is 12.8. The predicted molar refractivity (Wildman–Crippen MR) is 138 cm³/mol. The number of nitrogens with zero attached hydrogens (tertiary/aromatic N) is 1. The van der Waals surface area contributed by atoms with Crippen molar-refractivity contribution in [1.82, 2.24) is 0 Å². The van der Waals surface area contributed by atoms with Crippen LogP contribution < -0.4 is 24.8 Å². The molecule has 0 spiro atoms. The summed E-state index contributed by atoms with van der Waals surface area (Å²) in [6, 6.07) is 20.4. The molecule has 0 aromatic heterocycles. The summed E-state index contributed by atoms with van der Waals surface area (Å²) in [7, 11) is 1.52. The third-order valence-corrected chi connectivity index (χ3v) is 5.04. The molecule has 9 heteroatoms. The summed E-state index contributed by atoms with van der Waals surface area (Å²) in [5, 5.41) is 15.4. The number of amides is 2. The van der Waals surface area contributed by atoms with E-state index in [2.05, 4.69) is 10.6 Å². The SMILES string of the molecule is CCOc1cc(/C=C(/C#N)C(=O)Nc2ccc(Cl)cc2)ccc1OCC(=O)Nc1ccccc1OC. The lowest BCUT2D eigenvalue weighted by atomic mass is 10.1. The number of rotatable bonds is 10. The summed E-state index contributed by atoms with van der Waals surface area (Å²) in [4.78, 5) is 24.9. The summed E-state index contributed by atoms with van der Waals surface area (Å²) in [5.41, 5.74) is 1.49. The fourth-order valence-electron chi connectivity index (χ4n) is 3.13. The van der Waals surface area contributed by atoms with E-state index < -0.39 is 5.91 Å². The van der Waals surface area contributed by atoms with Crippen LogP contribution in [-0.4, -0.2) is 32.1 Å². The maximum Gasteiger partial charge on any atom is 0.266 e. The average molecular weight is 506 g/mol. The van der Waals surface area contributed by atoms with Gasteiger partial charge in [-0.1, -0.05) is 29.8 Å². The summed E-state index contributed by atoms with van der Waals surface area (Å²) >= 11 is 5.86. The number of nitrogens with one attached hydrogen (secondary N) is 2. The van der Waals surface area contributed by atoms with Crippen molar-refractivity contribution >= 4 is 40.9 Å². The number of hydrogen-bond donors (Lipinski definition) is 2. The second-order valence-electron chi connectivity index (χ2n) is 7.31. The highest BCUT2D eigenvalue weighted by Gasteiger charge is 2.13. The number of carbonyl (C=O) groups is 2. The van der Waals surface area contributed by atoms with Crippen molar-refractivity contribution in [2.75, 3.05) is 31.0 Å². The van der Waals surface area contributed by atoms with Crippen LogP contribution in [0.1, 0.15) is 12.5 Å². The highest BCUT2D eigenvalue weighted by atomic mass is 35.5. The zero-order valence-corrected chi connectivity index (χ0v) is 20.5. The second-order valence-corrected chi connectivity index (χ2v) is 7.74. The smallest absolute Gasteiger partial charge is 0.266 e. The fraction of sp³-hybridized carbons (Fsp3) is 0.148. The molecule has 3 aromatic rings. The van der Waals surface area contributed by atoms with Crippen molar-refractivity contribution < 1.29 is 23.8 Å². The third-order valence-electron chi connectivity index (χ3n) is 4.79. The first kappa shape index (κ1) is 26.1. The van der Waals surface area contributed by atoms with E-state index in [1.54, 1.807) is 73.7 Å². The molecular formula is C27H24ClN3O5. The van der Waals surface area contributed by atoms with E-state index in [4.69, 9.17) is 25.8 Å². The van der Waals surface area contributed by atoms with Gasteiger partial charge in [0.05, 0.1) is 19.4 Å². The molecule has 0 aliphatic rings. The Morgan fingerprint density at radius 1 is 0.972 bits per heavy atom. The van der Waals surface area contributed by atoms with Gasteiger partial charge in [0.25, 0.3) is 11.8 Å². The number of carbonyl (C=O) groups excluding carboxylic acids is 2. The molecule has 0 radical (unpaired) electrons. The Morgan fingerprint density at radius 2 is 1.72 bits per heavy atom. The lowest BCUT2D eigenvalue weighted by Gasteiger charge is -2.14. The Kier molecular flexibility index (Phi) is 9.32. The van der Waals surface area contributed by atoms with E-state index in [9.17, 15) is 14.9 Å². The van der Waals surface area contributed by atoms with Crippen LogP contribution in [0.25, 0.3) is 6.08 Å². The molecule has 0 unspecified atom stereocenters. The van der Waals surface area contributed by atoms with E-state index in [1.165, 1.54) is 13.2 Å². The molecule has 0 saturated carbocycles. The van der Waals surface area contributed by atoms with Gasteiger partial charge in [-0.05, 0) is 67.1 Å². The van der Waals surface area contributed by atoms with Crippen LogP contribution in [0.4, 0.5) is 11.4 Å². The molecule has 0 aliphatic heterocycles. The molecule has 8 nitrogen and oxygen atoms in total. The molecule has 3 aromatic carbocycles. The van der Waals surface area contributed by atoms with E-state index >= 15 is 0 Å². The van der Waals surface area contributed by atoms with Gasteiger partial charge in [0, 0.05) is 10.7 Å². The van der Waals surface area contributed by atoms with Crippen LogP contribution in [0.3, 0.4) is 0 Å². The van der Waals surface area contributed by atoms with E-state index in [1.807, 2.05) is 6.07 Å². The molecule has 0 bridgehead atoms. The number of para-hydroxylation sites is 2. The number of methoxy groups -OCH3 is 1. The molecule has 0 aliphatic carbocycles. The van der Waals surface area contributed by atoms with Gasteiger partial charge in [-0.3, -0.25) is 9.59 Å². The number of nitriles is 1. The average Bonchev–Trinajstić information content (AvgIpc) is 2.88. The lowest BCUT2D eigenvalue weighted by molar-refractivity contribution is -0.118. The first-order valence-electron chi connectivity index (χ1n) is 10.9. The topological polar surface area (TPSA) is 110 Å². The van der Waals surface area contributed by atoms with Gasteiger partial charge in [0.1, 0.15) is 17.4 Å². The number of benzene rings is 3. The van der Waals surface area contributed by atoms with Gasteiger partial charge >= 0.3 is 0 Å². The largest absolute Gasteiger partial charge is 0.495 e. The molecule has 0 fully saturated rings. The van der Waals surface area contributed by atoms with Gasteiger partial charge in [0.15, 0.2) is 18.1 Å². The fourth-order valence-corrected chi connectivity index (χ4v) is 3.25. The van der Waals surface area contributed by atoms with Crippen molar-refractivity contribution in [3.63, 3.8) is 0 Å². The molecular weight excluding hydrogens is 482 g/mol. The molecule has 0 heterocycles. The number of halogens is 1. The van der Waals surface area contributed by atoms with Crippen molar-refractivity contribution in [3.8, 4) is 23.3 Å². The quantitative estimate of drug-likeness (QED) is 0.285. The van der Waals surface area contributed by atoms with Crippen LogP contribution in [0, 0.1) is 11.3 Å². The van der Waals surface area contributed by atoms with Crippen LogP contribution in [0.5, 0.6) is 17.2 Å². The Morgan fingerprint density at radius 3 is 2.42 bits per heavy atom. The zero-order chi connectivity index (χ0) is 25.9. The molecule has 2 amide bonds. The summed E-state index contributed by atoms with van der Waals surface area (Å²) in [6.45, 7) is 1.89. The molecule has 184 valence electrons. The van der Waals surface area contributed by atoms with Gasteiger partial charge in [-0.15, -0.1) is 0 Å². The minimum Gasteiger partial charge on any atom is -0.495 e. The van der Waals surface area contributed by atoms with E-state index in [0.29, 0.717) is 45.8 Å². The van der Waals surface area contributed by atoms with Gasteiger partial charge in [0.2, 0.25) is 0 Å². The summed E-state index contributed by atoms with van der Waals surface area (Å²) in [5.74, 6) is 0.299. The molecule has 2 N–H and O–H groups in total. The first-order chi connectivity index (χ1) is 17.4. The summed E-state index contributed by atoms with van der Waals surface area (Å²) < 4.78 is 16.5. The minimum absolute atomic E-state index is 0.0998. The van der Waals surface area contributed by atoms with Gasteiger partial charge < -0.3 is 24.8 Å². The van der Waals surface area contributed by atoms with Crippen LogP contribution in [0.2, 0.25) is 5.02 Å². The normalized spacial score (nSPS) is 10.7. The van der Waals surface area contributed by atoms with Crippen molar-refractivity contribution in [1.29, 1.82) is 5.26 Å². The van der Waals surface area contributed by atoms with Crippen LogP contribution in [0.15, 0.2) is 72.3 Å². The van der Waals surface area contributed by atoms with Crippen molar-refractivity contribution in [2.24, 2.45) is 0 Å². The first-order valence-corrected chi connectivity index (χ1v) is 11.3. The van der Waals surface area contributed by atoms with Crippen LogP contribution >= 0.6 is 11.6 Å². The predicted octanol–water partition coefficient (Wildman–Crippen LogP) is 5.31. The molecule has 0 atom stereocenters. The number of anilines is 2. The molecule has 0 saturated heterocycles. The standard InChI is InChI=1S/C27H24ClN3O5/c1-3-35-25-15-18(14-19(16-29)27(33)30-21-11-9-20(28)10-12-21)8-13-24(25)36-17-26(32)31-22-6-4-5-7-23(22)34-2/h4-15H,3,17H2,1-2H3,(H,30,33)(H,31,32)/b19-14-. The Labute approximate surface area is 214 Å². The Bertz CT molecular complexity index is 1300. The Balaban J connectivity index is 1.71. The van der Waals surface area contributed by atoms with Gasteiger partial charge in [-0.2, -0.15) is 5.26 Å². The number of hydrogen-bond acceptors (Lipinski definition) is 6. The Hall–Kier alpha value is -4.48. The van der Waals surface area contributed by atoms with E-state index in [-0.39, 0.29) is 18.1 Å². The van der Waals surface area contributed by atoms with E-state index in [0.717, 1.165) is 0 Å². The highest BCUT2D eigenvalue weighted by Crippen LogP contribution is 2.30. The zero-order valence-electron chi connectivity index (χ0n) is 19.7. The number of ether oxygens (including phenoxy) is 3. The molecule has 36 heavy (non-hydrogen) atoms. The highest BCUT2D eigenvalue weighted by molar-refractivity contribution is 6.30. The van der Waals surface area contributed by atoms with Gasteiger partial charge in [-0.25, -0.2) is 0 Å². The minimum atomic E-state index is -0.564.